The van der Waals surface area contributed by atoms with E-state index in [4.69, 9.17) is 4.74 Å². The standard InChI is InChI=1S/C33H32N4O4S/c38-30(34-27-15-16-27)26-13-11-25(12-14-26)28-21-42-32(35-28)36-31(39)29-18-24(17-22-7-3-1-4-8-22)19-37(29)33(40)41-20-23-9-5-2-6-10-23/h1-14,21,24,27,29H,15-20H2,(H,34,38)(H,35,36,39). The number of nitrogens with one attached hydrogen (secondary N) is 2. The smallest absolute Gasteiger partial charge is 0.410 e. The van der Waals surface area contributed by atoms with Crippen molar-refractivity contribution in [1.29, 1.82) is 0 Å². The molecule has 2 unspecified atom stereocenters. The molecule has 2 fully saturated rings. The highest BCUT2D eigenvalue weighted by atomic mass is 32.1. The average molecular weight is 581 g/mol. The molecule has 3 amide bonds. The summed E-state index contributed by atoms with van der Waals surface area (Å²) in [6, 6.07) is 26.5. The molecule has 0 spiro atoms. The fraction of sp³-hybridized carbons (Fsp3) is 0.273. The summed E-state index contributed by atoms with van der Waals surface area (Å²) in [4.78, 5) is 45.2. The van der Waals surface area contributed by atoms with Crippen LogP contribution in [0.1, 0.15) is 40.7 Å². The van der Waals surface area contributed by atoms with Crippen LogP contribution in [0.5, 0.6) is 0 Å². The lowest BCUT2D eigenvalue weighted by molar-refractivity contribution is -0.120. The largest absolute Gasteiger partial charge is 0.445 e. The Morgan fingerprint density at radius 1 is 0.905 bits per heavy atom. The van der Waals surface area contributed by atoms with Crippen molar-refractivity contribution in [3.63, 3.8) is 0 Å². The van der Waals surface area contributed by atoms with E-state index in [1.54, 1.807) is 17.0 Å². The number of carbonyl (C=O) groups is 3. The van der Waals surface area contributed by atoms with E-state index >= 15 is 0 Å². The minimum absolute atomic E-state index is 0.0655. The first-order chi connectivity index (χ1) is 20.5. The summed E-state index contributed by atoms with van der Waals surface area (Å²) in [6.07, 6.45) is 2.88. The molecule has 1 saturated heterocycles. The van der Waals surface area contributed by atoms with E-state index in [0.29, 0.717) is 35.4 Å². The molecule has 1 aliphatic carbocycles. The van der Waals surface area contributed by atoms with Crippen LogP contribution in [0, 0.1) is 5.92 Å². The lowest BCUT2D eigenvalue weighted by atomic mass is 9.96. The third kappa shape index (κ3) is 6.86. The number of nitrogens with zero attached hydrogens (tertiary/aromatic N) is 2. The summed E-state index contributed by atoms with van der Waals surface area (Å²) >= 11 is 1.32. The summed E-state index contributed by atoms with van der Waals surface area (Å²) in [5.74, 6) is -0.227. The lowest BCUT2D eigenvalue weighted by Gasteiger charge is -2.23. The van der Waals surface area contributed by atoms with Gasteiger partial charge in [-0.15, -0.1) is 11.3 Å². The molecule has 2 atom stereocenters. The van der Waals surface area contributed by atoms with E-state index in [9.17, 15) is 14.4 Å². The Morgan fingerprint density at radius 3 is 2.29 bits per heavy atom. The topological polar surface area (TPSA) is 101 Å². The zero-order valence-electron chi connectivity index (χ0n) is 23.1. The molecule has 214 valence electrons. The summed E-state index contributed by atoms with van der Waals surface area (Å²) in [7, 11) is 0. The molecular formula is C33H32N4O4S. The van der Waals surface area contributed by atoms with Gasteiger partial charge in [0.15, 0.2) is 5.13 Å². The normalized spacial score (nSPS) is 18.0. The molecule has 1 aromatic heterocycles. The van der Waals surface area contributed by atoms with Gasteiger partial charge in [0.05, 0.1) is 5.69 Å². The van der Waals surface area contributed by atoms with Gasteiger partial charge in [-0.2, -0.15) is 0 Å². The van der Waals surface area contributed by atoms with Crippen molar-refractivity contribution in [2.75, 3.05) is 11.9 Å². The van der Waals surface area contributed by atoms with Crippen LogP contribution in [0.4, 0.5) is 9.93 Å². The van der Waals surface area contributed by atoms with Gasteiger partial charge >= 0.3 is 6.09 Å². The van der Waals surface area contributed by atoms with Crippen molar-refractivity contribution in [1.82, 2.24) is 15.2 Å². The van der Waals surface area contributed by atoms with E-state index in [2.05, 4.69) is 27.8 Å². The Balaban J connectivity index is 1.12. The SMILES string of the molecule is O=C(NC1CC1)c1ccc(-c2csc(NC(=O)C3CC(Cc4ccccc4)CN3C(=O)OCc3ccccc3)n2)cc1. The number of likely N-dealkylation sites (tertiary alicyclic amines) is 1. The number of amides is 3. The van der Waals surface area contributed by atoms with Gasteiger partial charge in [0, 0.05) is 29.1 Å². The molecule has 4 aromatic rings. The van der Waals surface area contributed by atoms with Crippen LogP contribution in [0.15, 0.2) is 90.3 Å². The fourth-order valence-corrected chi connectivity index (χ4v) is 5.93. The first-order valence-corrected chi connectivity index (χ1v) is 15.1. The van der Waals surface area contributed by atoms with Gasteiger partial charge in [0.2, 0.25) is 5.91 Å². The van der Waals surface area contributed by atoms with Crippen molar-refractivity contribution in [2.24, 2.45) is 5.92 Å². The summed E-state index contributed by atoms with van der Waals surface area (Å²) in [6.45, 7) is 0.579. The average Bonchev–Trinajstić information content (AvgIpc) is 3.53. The molecule has 2 N–H and O–H groups in total. The molecule has 8 nitrogen and oxygen atoms in total. The van der Waals surface area contributed by atoms with Crippen LogP contribution in [-0.2, 0) is 22.6 Å². The van der Waals surface area contributed by atoms with Crippen molar-refractivity contribution in [2.45, 2.75) is 44.4 Å². The Hall–Kier alpha value is -4.50. The molecule has 1 saturated carbocycles. The van der Waals surface area contributed by atoms with Gasteiger partial charge < -0.3 is 15.4 Å². The summed E-state index contributed by atoms with van der Waals surface area (Å²) in [5, 5.41) is 8.24. The molecule has 2 aliphatic rings. The van der Waals surface area contributed by atoms with Crippen molar-refractivity contribution >= 4 is 34.4 Å². The van der Waals surface area contributed by atoms with E-state index in [1.807, 2.05) is 66.0 Å². The van der Waals surface area contributed by atoms with Crippen LogP contribution in [-0.4, -0.2) is 46.4 Å². The van der Waals surface area contributed by atoms with Crippen molar-refractivity contribution in [3.05, 3.63) is 107 Å². The third-order valence-electron chi connectivity index (χ3n) is 7.59. The second-order valence-electron chi connectivity index (χ2n) is 10.9. The number of rotatable bonds is 9. The van der Waals surface area contributed by atoms with Crippen LogP contribution in [0.3, 0.4) is 0 Å². The fourth-order valence-electron chi connectivity index (χ4n) is 5.21. The van der Waals surface area contributed by atoms with Gasteiger partial charge in [0.25, 0.3) is 5.91 Å². The van der Waals surface area contributed by atoms with E-state index < -0.39 is 12.1 Å². The maximum absolute atomic E-state index is 13.5. The molecule has 42 heavy (non-hydrogen) atoms. The minimum atomic E-state index is -0.668. The van der Waals surface area contributed by atoms with Gasteiger partial charge in [-0.3, -0.25) is 14.5 Å². The first kappa shape index (κ1) is 27.7. The maximum Gasteiger partial charge on any atom is 0.410 e. The molecule has 1 aliphatic heterocycles. The molecule has 6 rings (SSSR count). The molecule has 9 heteroatoms. The Kier molecular flexibility index (Phi) is 8.28. The van der Waals surface area contributed by atoms with Crippen LogP contribution >= 0.6 is 11.3 Å². The predicted molar refractivity (Wildman–Crippen MR) is 162 cm³/mol. The maximum atomic E-state index is 13.5. The number of thiazole rings is 1. The highest BCUT2D eigenvalue weighted by Crippen LogP contribution is 2.30. The van der Waals surface area contributed by atoms with Gasteiger partial charge in [-0.05, 0) is 54.9 Å². The molecule has 0 bridgehead atoms. The number of benzene rings is 3. The second-order valence-corrected chi connectivity index (χ2v) is 11.7. The molecular weight excluding hydrogens is 548 g/mol. The van der Waals surface area contributed by atoms with Gasteiger partial charge in [0.1, 0.15) is 12.6 Å². The number of hydrogen-bond acceptors (Lipinski definition) is 6. The molecule has 2 heterocycles. The third-order valence-corrected chi connectivity index (χ3v) is 8.34. The summed E-state index contributed by atoms with van der Waals surface area (Å²) in [5.41, 5.74) is 4.22. The predicted octanol–water partition coefficient (Wildman–Crippen LogP) is 5.91. The van der Waals surface area contributed by atoms with E-state index in [0.717, 1.165) is 30.4 Å². The van der Waals surface area contributed by atoms with E-state index in [-0.39, 0.29) is 24.3 Å². The Labute approximate surface area is 248 Å². The Bertz CT molecular complexity index is 1540. The molecule has 0 radical (unpaired) electrons. The Morgan fingerprint density at radius 2 is 1.60 bits per heavy atom. The number of aromatic nitrogens is 1. The summed E-state index contributed by atoms with van der Waals surface area (Å²) < 4.78 is 5.62. The van der Waals surface area contributed by atoms with Crippen molar-refractivity contribution in [3.8, 4) is 11.3 Å². The van der Waals surface area contributed by atoms with Crippen LogP contribution in [0.2, 0.25) is 0 Å². The van der Waals surface area contributed by atoms with Crippen molar-refractivity contribution < 1.29 is 19.1 Å². The second kappa shape index (κ2) is 12.6. The zero-order chi connectivity index (χ0) is 28.9. The quantitative estimate of drug-likeness (QED) is 0.256. The number of anilines is 1. The van der Waals surface area contributed by atoms with E-state index in [1.165, 1.54) is 16.9 Å². The lowest BCUT2D eigenvalue weighted by Crippen LogP contribution is -2.43. The number of carbonyl (C=O) groups excluding carboxylic acids is 3. The van der Waals surface area contributed by atoms with Gasteiger partial charge in [-0.25, -0.2) is 9.78 Å². The monoisotopic (exact) mass is 580 g/mol. The highest BCUT2D eigenvalue weighted by molar-refractivity contribution is 7.14. The first-order valence-electron chi connectivity index (χ1n) is 14.2. The molecule has 3 aromatic carbocycles. The van der Waals surface area contributed by atoms with Crippen LogP contribution in [0.25, 0.3) is 11.3 Å². The highest BCUT2D eigenvalue weighted by Gasteiger charge is 2.40. The number of ether oxygens (including phenoxy) is 1. The van der Waals surface area contributed by atoms with Crippen LogP contribution < -0.4 is 10.6 Å². The minimum Gasteiger partial charge on any atom is -0.445 e. The number of hydrogen-bond donors (Lipinski definition) is 2. The zero-order valence-corrected chi connectivity index (χ0v) is 23.9. The van der Waals surface area contributed by atoms with Gasteiger partial charge in [-0.1, -0.05) is 72.8 Å².